The molecule has 2 heterocycles. The minimum atomic E-state index is -0.108. The fourth-order valence-corrected chi connectivity index (χ4v) is 3.21. The normalized spacial score (nSPS) is 17.6. The summed E-state index contributed by atoms with van der Waals surface area (Å²) in [5.74, 6) is 0.560. The van der Waals surface area contributed by atoms with Crippen LogP contribution in [0.25, 0.3) is 0 Å². The lowest BCUT2D eigenvalue weighted by Gasteiger charge is -2.29. The minimum Gasteiger partial charge on any atom is -0.482 e. The van der Waals surface area contributed by atoms with Crippen molar-refractivity contribution in [3.8, 4) is 5.75 Å². The number of rotatable bonds is 7. The van der Waals surface area contributed by atoms with Crippen molar-refractivity contribution in [2.45, 2.75) is 19.8 Å². The van der Waals surface area contributed by atoms with Gasteiger partial charge in [-0.1, -0.05) is 6.07 Å². The number of morpholine rings is 1. The van der Waals surface area contributed by atoms with E-state index in [0.29, 0.717) is 18.8 Å². The molecule has 1 aromatic carbocycles. The summed E-state index contributed by atoms with van der Waals surface area (Å²) in [4.78, 5) is 28.3. The molecule has 2 aliphatic rings. The number of nitrogens with zero attached hydrogens (tertiary/aromatic N) is 2. The molecule has 2 aliphatic heterocycles. The van der Waals surface area contributed by atoms with E-state index in [0.717, 1.165) is 50.5 Å². The first-order chi connectivity index (χ1) is 12.6. The number of anilines is 1. The molecule has 2 amide bonds. The van der Waals surface area contributed by atoms with Gasteiger partial charge < -0.3 is 19.7 Å². The monoisotopic (exact) mass is 361 g/mol. The molecule has 1 fully saturated rings. The van der Waals surface area contributed by atoms with E-state index in [-0.39, 0.29) is 24.8 Å². The van der Waals surface area contributed by atoms with Crippen LogP contribution in [0, 0.1) is 6.92 Å². The fourth-order valence-electron chi connectivity index (χ4n) is 3.21. The quantitative estimate of drug-likeness (QED) is 0.732. The first-order valence-electron chi connectivity index (χ1n) is 9.24. The fraction of sp³-hybridized carbons (Fsp3) is 0.579. The van der Waals surface area contributed by atoms with Crippen molar-refractivity contribution < 1.29 is 19.1 Å². The topological polar surface area (TPSA) is 71.1 Å². The van der Waals surface area contributed by atoms with Crippen molar-refractivity contribution in [2.24, 2.45) is 0 Å². The molecule has 0 bridgehead atoms. The second-order valence-electron chi connectivity index (χ2n) is 6.71. The summed E-state index contributed by atoms with van der Waals surface area (Å²) in [5, 5.41) is 2.95. The van der Waals surface area contributed by atoms with Crippen LogP contribution < -0.4 is 15.0 Å². The number of ether oxygens (including phenoxy) is 2. The third-order valence-corrected chi connectivity index (χ3v) is 4.70. The number of hydrogen-bond donors (Lipinski definition) is 1. The third kappa shape index (κ3) is 4.95. The zero-order valence-corrected chi connectivity index (χ0v) is 15.3. The smallest absolute Gasteiger partial charge is 0.265 e. The van der Waals surface area contributed by atoms with Gasteiger partial charge in [0.1, 0.15) is 5.75 Å². The number of nitrogens with one attached hydrogen (secondary N) is 1. The molecule has 142 valence electrons. The maximum absolute atomic E-state index is 12.2. The first-order valence-corrected chi connectivity index (χ1v) is 9.24. The Bertz CT molecular complexity index is 644. The summed E-state index contributed by atoms with van der Waals surface area (Å²) in [6, 6.07) is 5.75. The highest BCUT2D eigenvalue weighted by atomic mass is 16.5. The zero-order chi connectivity index (χ0) is 18.4. The van der Waals surface area contributed by atoms with Crippen molar-refractivity contribution in [3.63, 3.8) is 0 Å². The van der Waals surface area contributed by atoms with Gasteiger partial charge in [0.15, 0.2) is 6.61 Å². The lowest BCUT2D eigenvalue weighted by Crippen LogP contribution is -2.41. The molecular formula is C19H27N3O4. The van der Waals surface area contributed by atoms with E-state index < -0.39 is 0 Å². The Morgan fingerprint density at radius 2 is 2.04 bits per heavy atom. The summed E-state index contributed by atoms with van der Waals surface area (Å²) >= 11 is 0. The molecule has 1 aromatic rings. The van der Waals surface area contributed by atoms with Crippen molar-refractivity contribution >= 4 is 17.5 Å². The van der Waals surface area contributed by atoms with Gasteiger partial charge in [0.2, 0.25) is 5.91 Å². The molecular weight excluding hydrogens is 334 g/mol. The molecule has 0 atom stereocenters. The van der Waals surface area contributed by atoms with Gasteiger partial charge in [-0.15, -0.1) is 0 Å². The van der Waals surface area contributed by atoms with E-state index in [4.69, 9.17) is 9.47 Å². The molecule has 0 saturated carbocycles. The van der Waals surface area contributed by atoms with Crippen LogP contribution in [-0.2, 0) is 14.3 Å². The van der Waals surface area contributed by atoms with Crippen LogP contribution in [0.2, 0.25) is 0 Å². The number of amides is 2. The highest BCUT2D eigenvalue weighted by Gasteiger charge is 2.25. The van der Waals surface area contributed by atoms with Crippen LogP contribution in [-0.4, -0.2) is 69.3 Å². The van der Waals surface area contributed by atoms with E-state index in [1.54, 1.807) is 4.90 Å². The highest BCUT2D eigenvalue weighted by molar-refractivity contribution is 5.98. The Morgan fingerprint density at radius 3 is 2.85 bits per heavy atom. The average Bonchev–Trinajstić information content (AvgIpc) is 2.65. The number of fused-ring (bicyclic) bond motifs is 1. The standard InChI is InChI=1S/C19H27N3O4/c1-15-3-4-17-16(13-15)22(19(24)14-26-17)8-5-18(23)20-6-2-7-21-9-11-25-12-10-21/h3-4,13H,2,5-12,14H2,1H3,(H,20,23). The Morgan fingerprint density at radius 1 is 1.23 bits per heavy atom. The third-order valence-electron chi connectivity index (χ3n) is 4.70. The Hall–Kier alpha value is -2.12. The summed E-state index contributed by atoms with van der Waals surface area (Å²) < 4.78 is 10.8. The van der Waals surface area contributed by atoms with Gasteiger partial charge in [-0.2, -0.15) is 0 Å². The predicted molar refractivity (Wildman–Crippen MR) is 98.5 cm³/mol. The van der Waals surface area contributed by atoms with Crippen LogP contribution in [0.4, 0.5) is 5.69 Å². The van der Waals surface area contributed by atoms with Gasteiger partial charge in [-0.05, 0) is 37.6 Å². The van der Waals surface area contributed by atoms with Crippen LogP contribution in [0.3, 0.4) is 0 Å². The molecule has 0 aromatic heterocycles. The SMILES string of the molecule is Cc1ccc2c(c1)N(CCC(=O)NCCCN1CCOCC1)C(=O)CO2. The molecule has 7 heteroatoms. The van der Waals surface area contributed by atoms with E-state index >= 15 is 0 Å². The van der Waals surface area contributed by atoms with E-state index in [9.17, 15) is 9.59 Å². The lowest BCUT2D eigenvalue weighted by atomic mass is 10.1. The Kier molecular flexibility index (Phi) is 6.46. The minimum absolute atomic E-state index is 0.0250. The van der Waals surface area contributed by atoms with Gasteiger partial charge in [-0.3, -0.25) is 14.5 Å². The lowest BCUT2D eigenvalue weighted by molar-refractivity contribution is -0.122. The van der Waals surface area contributed by atoms with Gasteiger partial charge in [-0.25, -0.2) is 0 Å². The summed E-state index contributed by atoms with van der Waals surface area (Å²) in [7, 11) is 0. The maximum Gasteiger partial charge on any atom is 0.265 e. The van der Waals surface area contributed by atoms with Gasteiger partial charge in [0, 0.05) is 32.6 Å². The van der Waals surface area contributed by atoms with Gasteiger partial charge in [0.25, 0.3) is 5.91 Å². The first kappa shape index (κ1) is 18.7. The Labute approximate surface area is 154 Å². The van der Waals surface area contributed by atoms with Crippen LogP contribution in [0.5, 0.6) is 5.75 Å². The maximum atomic E-state index is 12.2. The second kappa shape index (κ2) is 9.00. The van der Waals surface area contributed by atoms with E-state index in [1.807, 2.05) is 25.1 Å². The summed E-state index contributed by atoms with van der Waals surface area (Å²) in [6.45, 7) is 7.50. The molecule has 1 N–H and O–H groups in total. The van der Waals surface area contributed by atoms with Crippen molar-refractivity contribution in [2.75, 3.05) is 57.4 Å². The average molecular weight is 361 g/mol. The largest absolute Gasteiger partial charge is 0.482 e. The van der Waals surface area contributed by atoms with Crippen LogP contribution in [0.15, 0.2) is 18.2 Å². The Balaban J connectivity index is 1.41. The molecule has 0 spiro atoms. The van der Waals surface area contributed by atoms with E-state index in [2.05, 4.69) is 10.2 Å². The molecule has 0 radical (unpaired) electrons. The van der Waals surface area contributed by atoms with Crippen molar-refractivity contribution in [3.05, 3.63) is 23.8 Å². The number of hydrogen-bond acceptors (Lipinski definition) is 5. The van der Waals surface area contributed by atoms with E-state index in [1.165, 1.54) is 0 Å². The molecule has 26 heavy (non-hydrogen) atoms. The zero-order valence-electron chi connectivity index (χ0n) is 15.3. The molecule has 3 rings (SSSR count). The number of benzene rings is 1. The predicted octanol–water partition coefficient (Wildman–Crippen LogP) is 0.949. The number of carbonyl (C=O) groups is 2. The molecule has 1 saturated heterocycles. The highest BCUT2D eigenvalue weighted by Crippen LogP contribution is 2.32. The van der Waals surface area contributed by atoms with Crippen LogP contribution >= 0.6 is 0 Å². The van der Waals surface area contributed by atoms with Gasteiger partial charge >= 0.3 is 0 Å². The number of aryl methyl sites for hydroxylation is 1. The van der Waals surface area contributed by atoms with Crippen LogP contribution in [0.1, 0.15) is 18.4 Å². The second-order valence-corrected chi connectivity index (χ2v) is 6.71. The van der Waals surface area contributed by atoms with Gasteiger partial charge in [0.05, 0.1) is 18.9 Å². The van der Waals surface area contributed by atoms with Crippen molar-refractivity contribution in [1.82, 2.24) is 10.2 Å². The summed E-state index contributed by atoms with van der Waals surface area (Å²) in [6.07, 6.45) is 1.21. The molecule has 0 unspecified atom stereocenters. The molecule has 7 nitrogen and oxygen atoms in total. The number of carbonyl (C=O) groups excluding carboxylic acids is 2. The summed E-state index contributed by atoms with van der Waals surface area (Å²) in [5.41, 5.74) is 1.81. The van der Waals surface area contributed by atoms with Crippen molar-refractivity contribution in [1.29, 1.82) is 0 Å². The molecule has 0 aliphatic carbocycles.